The minimum Gasteiger partial charge on any atom is -0.493 e. The molecule has 0 saturated carbocycles. The molecule has 0 aliphatic rings. The number of hydrogen-bond acceptors (Lipinski definition) is 5. The number of fused-ring (bicyclic) bond motifs is 1. The summed E-state index contributed by atoms with van der Waals surface area (Å²) in [4.78, 5) is 17.9. The zero-order chi connectivity index (χ0) is 30.0. The molecular weight excluding hydrogens is 614 g/mol. The van der Waals surface area contributed by atoms with Gasteiger partial charge in [-0.15, -0.1) is 0 Å². The number of aromatic nitrogens is 2. The molecule has 42 heavy (non-hydrogen) atoms. The van der Waals surface area contributed by atoms with Crippen LogP contribution in [0.2, 0.25) is 15.1 Å². The molecule has 0 saturated heterocycles. The molecule has 4 aromatic carbocycles. The van der Waals surface area contributed by atoms with Crippen molar-refractivity contribution in [2.45, 2.75) is 12.8 Å². The van der Waals surface area contributed by atoms with Crippen LogP contribution in [0.3, 0.4) is 0 Å². The van der Waals surface area contributed by atoms with E-state index in [2.05, 4.69) is 10.1 Å². The molecule has 0 radical (unpaired) electrons. The first-order chi connectivity index (χ1) is 20.0. The number of nitrogens with zero attached hydrogens (tertiary/aromatic N) is 3. The Morgan fingerprint density at radius 2 is 1.71 bits per heavy atom. The van der Waals surface area contributed by atoms with Gasteiger partial charge in [0.1, 0.15) is 6.61 Å². The molecule has 5 aromatic rings. The second kappa shape index (κ2) is 12.1. The molecule has 0 amide bonds. The van der Waals surface area contributed by atoms with Crippen molar-refractivity contribution in [1.29, 1.82) is 0 Å². The Morgan fingerprint density at radius 3 is 2.45 bits per heavy atom. The molecule has 5 rings (SSSR count). The van der Waals surface area contributed by atoms with Gasteiger partial charge in [0, 0.05) is 5.56 Å². The molecule has 0 spiro atoms. The topological polar surface area (TPSA) is 65.7 Å². The van der Waals surface area contributed by atoms with Crippen LogP contribution in [0.25, 0.3) is 22.3 Å². The minimum atomic E-state index is -4.59. The maximum atomic E-state index is 13.4. The number of rotatable bonds is 7. The van der Waals surface area contributed by atoms with E-state index in [0.29, 0.717) is 21.1 Å². The van der Waals surface area contributed by atoms with Crippen molar-refractivity contribution in [2.24, 2.45) is 5.10 Å². The molecule has 1 heterocycles. The average molecular weight is 633 g/mol. The highest BCUT2D eigenvalue weighted by Crippen LogP contribution is 2.37. The Kier molecular flexibility index (Phi) is 8.45. The molecule has 0 unspecified atom stereocenters. The molecule has 0 N–H and O–H groups in total. The van der Waals surface area contributed by atoms with E-state index < -0.39 is 17.3 Å². The summed E-state index contributed by atoms with van der Waals surface area (Å²) < 4.78 is 52.6. The summed E-state index contributed by atoms with van der Waals surface area (Å²) in [5.74, 6) is 0.475. The monoisotopic (exact) mass is 631 g/mol. The van der Waals surface area contributed by atoms with E-state index in [9.17, 15) is 18.0 Å². The van der Waals surface area contributed by atoms with Crippen LogP contribution in [-0.2, 0) is 12.8 Å². The van der Waals surface area contributed by atoms with Crippen LogP contribution in [0.1, 0.15) is 16.7 Å². The summed E-state index contributed by atoms with van der Waals surface area (Å²) in [5.41, 5.74) is 0.100. The van der Waals surface area contributed by atoms with Gasteiger partial charge in [0.15, 0.2) is 17.3 Å². The fraction of sp³-hybridized carbons (Fsp3) is 0.100. The Morgan fingerprint density at radius 1 is 0.929 bits per heavy atom. The number of hydrogen-bond donors (Lipinski definition) is 0. The number of methoxy groups -OCH3 is 1. The van der Waals surface area contributed by atoms with Crippen LogP contribution in [0.15, 0.2) is 88.8 Å². The number of benzene rings is 4. The molecule has 0 atom stereocenters. The van der Waals surface area contributed by atoms with E-state index in [4.69, 9.17) is 44.3 Å². The first-order valence-corrected chi connectivity index (χ1v) is 13.4. The predicted octanol–water partition coefficient (Wildman–Crippen LogP) is 8.51. The van der Waals surface area contributed by atoms with Crippen molar-refractivity contribution in [3.8, 4) is 22.9 Å². The van der Waals surface area contributed by atoms with Gasteiger partial charge in [-0.05, 0) is 59.7 Å². The molecule has 214 valence electrons. The third-order valence-corrected chi connectivity index (χ3v) is 7.16. The van der Waals surface area contributed by atoms with Gasteiger partial charge in [-0.25, -0.2) is 4.98 Å². The lowest BCUT2D eigenvalue weighted by molar-refractivity contribution is -0.137. The highest BCUT2D eigenvalue weighted by Gasteiger charge is 2.31. The SMILES string of the molecule is COc1cc(C=Nn2c(-c3cccc(C(F)(F)F)c3)nc3ccccc3c2=O)cc(Cl)c1OCc1ccc(Cl)c(Cl)c1. The third-order valence-electron chi connectivity index (χ3n) is 6.14. The summed E-state index contributed by atoms with van der Waals surface area (Å²) in [7, 11) is 1.43. The molecule has 0 bridgehead atoms. The first kappa shape index (κ1) is 29.4. The molecular formula is C30H19Cl3F3N3O3. The summed E-state index contributed by atoms with van der Waals surface area (Å²) >= 11 is 18.6. The van der Waals surface area contributed by atoms with Crippen LogP contribution in [0.4, 0.5) is 13.2 Å². The quantitative estimate of drug-likeness (QED) is 0.169. The van der Waals surface area contributed by atoms with Crippen molar-refractivity contribution in [3.05, 3.63) is 121 Å². The van der Waals surface area contributed by atoms with Crippen molar-refractivity contribution in [3.63, 3.8) is 0 Å². The van der Waals surface area contributed by atoms with Crippen molar-refractivity contribution >= 4 is 51.9 Å². The van der Waals surface area contributed by atoms with Crippen molar-refractivity contribution < 1.29 is 22.6 Å². The van der Waals surface area contributed by atoms with Gasteiger partial charge >= 0.3 is 6.18 Å². The van der Waals surface area contributed by atoms with E-state index in [1.165, 1.54) is 25.5 Å². The largest absolute Gasteiger partial charge is 0.493 e. The van der Waals surface area contributed by atoms with Crippen LogP contribution >= 0.6 is 34.8 Å². The van der Waals surface area contributed by atoms with Gasteiger partial charge in [-0.1, -0.05) is 65.1 Å². The Labute approximate surface area is 252 Å². The molecule has 0 fully saturated rings. The minimum absolute atomic E-state index is 0.0616. The predicted molar refractivity (Wildman–Crippen MR) is 158 cm³/mol. The lowest BCUT2D eigenvalue weighted by Crippen LogP contribution is -2.20. The second-order valence-electron chi connectivity index (χ2n) is 8.96. The fourth-order valence-electron chi connectivity index (χ4n) is 4.12. The second-order valence-corrected chi connectivity index (χ2v) is 10.2. The van der Waals surface area contributed by atoms with Crippen LogP contribution in [0.5, 0.6) is 11.5 Å². The molecule has 0 aliphatic heterocycles. The van der Waals surface area contributed by atoms with Gasteiger partial charge in [-0.3, -0.25) is 4.79 Å². The zero-order valence-electron chi connectivity index (χ0n) is 21.6. The summed E-state index contributed by atoms with van der Waals surface area (Å²) in [6.45, 7) is 0.124. The number of halogens is 6. The average Bonchev–Trinajstić information content (AvgIpc) is 2.97. The molecule has 0 aliphatic carbocycles. The highest BCUT2D eigenvalue weighted by atomic mass is 35.5. The standard InChI is InChI=1S/C30H19Cl3F3N3O3/c1-41-26-13-18(12-24(33)27(26)42-16-17-9-10-22(31)23(32)11-17)15-37-39-28(19-5-4-6-20(14-19)30(34,35)36)38-25-8-3-2-7-21(25)29(39)40/h2-15H,16H2,1H3. The van der Waals surface area contributed by atoms with E-state index in [1.807, 2.05) is 0 Å². The summed E-state index contributed by atoms with van der Waals surface area (Å²) in [5, 5.41) is 5.53. The lowest BCUT2D eigenvalue weighted by Gasteiger charge is -2.14. The van der Waals surface area contributed by atoms with Gasteiger partial charge in [0.05, 0.1) is 44.9 Å². The smallest absolute Gasteiger partial charge is 0.416 e. The number of ether oxygens (including phenoxy) is 2. The van der Waals surface area contributed by atoms with Crippen molar-refractivity contribution in [1.82, 2.24) is 9.66 Å². The normalized spacial score (nSPS) is 11.8. The maximum absolute atomic E-state index is 13.4. The first-order valence-electron chi connectivity index (χ1n) is 12.2. The Balaban J connectivity index is 1.54. The van der Waals surface area contributed by atoms with Crippen LogP contribution < -0.4 is 15.0 Å². The zero-order valence-corrected chi connectivity index (χ0v) is 23.9. The molecule has 12 heteroatoms. The third kappa shape index (κ3) is 6.23. The maximum Gasteiger partial charge on any atom is 0.416 e. The summed E-state index contributed by atoms with van der Waals surface area (Å²) in [6, 6.07) is 19.2. The van der Waals surface area contributed by atoms with Gasteiger partial charge in [0.2, 0.25) is 0 Å². The number of para-hydroxylation sites is 1. The summed E-state index contributed by atoms with van der Waals surface area (Å²) in [6.07, 6.45) is -3.26. The number of alkyl halides is 3. The van der Waals surface area contributed by atoms with Gasteiger partial charge in [0.25, 0.3) is 5.56 Å². The van der Waals surface area contributed by atoms with E-state index in [1.54, 1.807) is 54.6 Å². The Hall–Kier alpha value is -4.05. The van der Waals surface area contributed by atoms with Crippen LogP contribution in [-0.4, -0.2) is 23.0 Å². The van der Waals surface area contributed by atoms with Gasteiger partial charge < -0.3 is 9.47 Å². The van der Waals surface area contributed by atoms with Crippen LogP contribution in [0, 0.1) is 0 Å². The molecule has 1 aromatic heterocycles. The van der Waals surface area contributed by atoms with Crippen molar-refractivity contribution in [2.75, 3.05) is 7.11 Å². The highest BCUT2D eigenvalue weighted by molar-refractivity contribution is 6.42. The Bertz CT molecular complexity index is 1890. The van der Waals surface area contributed by atoms with E-state index in [0.717, 1.165) is 22.4 Å². The lowest BCUT2D eigenvalue weighted by atomic mass is 10.1. The van der Waals surface area contributed by atoms with E-state index in [-0.39, 0.29) is 39.9 Å². The molecule has 6 nitrogen and oxygen atoms in total. The fourth-order valence-corrected chi connectivity index (χ4v) is 4.71. The van der Waals surface area contributed by atoms with E-state index >= 15 is 0 Å². The van der Waals surface area contributed by atoms with Gasteiger partial charge in [-0.2, -0.15) is 22.9 Å².